The van der Waals surface area contributed by atoms with E-state index in [-0.39, 0.29) is 0 Å². The molecule has 0 amide bonds. The molecule has 1 aromatic rings. The number of hydrogen-bond acceptors (Lipinski definition) is 2. The molecule has 0 aliphatic rings. The van der Waals surface area contributed by atoms with E-state index in [0.29, 0.717) is 5.56 Å². The molecule has 1 rings (SSSR count). The van der Waals surface area contributed by atoms with Crippen LogP contribution in [0.25, 0.3) is 0 Å². The van der Waals surface area contributed by atoms with E-state index in [4.69, 9.17) is 5.11 Å². The van der Waals surface area contributed by atoms with E-state index in [0.717, 1.165) is 12.0 Å². The highest BCUT2D eigenvalue weighted by molar-refractivity contribution is 6.35. The number of benzene rings is 1. The van der Waals surface area contributed by atoms with Crippen LogP contribution in [0.15, 0.2) is 24.3 Å². The summed E-state index contributed by atoms with van der Waals surface area (Å²) in [7, 11) is 0. The van der Waals surface area contributed by atoms with Gasteiger partial charge in [0.1, 0.15) is 5.92 Å². The van der Waals surface area contributed by atoms with Crippen molar-refractivity contribution < 1.29 is 14.7 Å². The van der Waals surface area contributed by atoms with E-state index >= 15 is 0 Å². The Bertz CT molecular complexity index is 474. The van der Waals surface area contributed by atoms with Crippen molar-refractivity contribution >= 4 is 11.8 Å². The van der Waals surface area contributed by atoms with Gasteiger partial charge in [0.15, 0.2) is 0 Å². The number of hydrogen-bond donors (Lipinski definition) is 1. The van der Waals surface area contributed by atoms with E-state index in [1.54, 1.807) is 19.1 Å². The van der Waals surface area contributed by atoms with Gasteiger partial charge in [-0.1, -0.05) is 37.1 Å². The van der Waals surface area contributed by atoms with Gasteiger partial charge in [-0.05, 0) is 24.5 Å². The van der Waals surface area contributed by atoms with Gasteiger partial charge in [0, 0.05) is 0 Å². The second kappa shape index (κ2) is 5.86. The number of carbonyl (C=O) groups is 2. The summed E-state index contributed by atoms with van der Waals surface area (Å²) in [5, 5.41) is 8.72. The van der Waals surface area contributed by atoms with Crippen molar-refractivity contribution in [3.8, 4) is 11.8 Å². The van der Waals surface area contributed by atoms with Crippen molar-refractivity contribution in [3.63, 3.8) is 0 Å². The average Bonchev–Trinajstić information content (AvgIpc) is 2.35. The first-order valence-electron chi connectivity index (χ1n) is 5.38. The van der Waals surface area contributed by atoms with Gasteiger partial charge in [-0.3, -0.25) is 4.79 Å². The standard InChI is InChI=1S/C14H14O3/c1-3-5-12(13(15)14(16)17)11-8-6-10(4-2)7-9-11/h6-9,12H,4H2,1-2H3,(H,16,17). The molecule has 1 atom stereocenters. The second-order valence-corrected chi connectivity index (χ2v) is 3.59. The molecule has 0 saturated heterocycles. The summed E-state index contributed by atoms with van der Waals surface area (Å²) in [6.45, 7) is 3.61. The van der Waals surface area contributed by atoms with Gasteiger partial charge >= 0.3 is 5.97 Å². The third kappa shape index (κ3) is 3.18. The number of aliphatic carboxylic acids is 1. The third-order valence-corrected chi connectivity index (χ3v) is 2.48. The molecule has 3 nitrogen and oxygen atoms in total. The van der Waals surface area contributed by atoms with Gasteiger partial charge in [0.2, 0.25) is 0 Å². The monoisotopic (exact) mass is 230 g/mol. The first kappa shape index (κ1) is 13.0. The van der Waals surface area contributed by atoms with Gasteiger partial charge < -0.3 is 5.11 Å². The molecule has 0 radical (unpaired) electrons. The summed E-state index contributed by atoms with van der Waals surface area (Å²) in [5.74, 6) is 2.03. The molecule has 1 aromatic carbocycles. The smallest absolute Gasteiger partial charge is 0.373 e. The lowest BCUT2D eigenvalue weighted by molar-refractivity contribution is -0.149. The number of ketones is 1. The minimum Gasteiger partial charge on any atom is -0.475 e. The van der Waals surface area contributed by atoms with Crippen LogP contribution in [0.2, 0.25) is 0 Å². The number of carboxylic acids is 1. The van der Waals surface area contributed by atoms with E-state index in [1.165, 1.54) is 0 Å². The molecule has 1 N–H and O–H groups in total. The zero-order valence-corrected chi connectivity index (χ0v) is 9.86. The van der Waals surface area contributed by atoms with Crippen molar-refractivity contribution in [1.82, 2.24) is 0 Å². The molecule has 0 saturated carbocycles. The molecule has 0 fully saturated rings. The summed E-state index contributed by atoms with van der Waals surface area (Å²) in [6, 6.07) is 7.28. The number of carbonyl (C=O) groups excluding carboxylic acids is 1. The molecule has 0 bridgehead atoms. The first-order valence-corrected chi connectivity index (χ1v) is 5.38. The van der Waals surface area contributed by atoms with Crippen molar-refractivity contribution in [2.45, 2.75) is 26.2 Å². The highest BCUT2D eigenvalue weighted by Gasteiger charge is 2.24. The fraction of sp³-hybridized carbons (Fsp3) is 0.286. The Hall–Kier alpha value is -2.08. The van der Waals surface area contributed by atoms with Crippen LogP contribution in [0.3, 0.4) is 0 Å². The highest BCUT2D eigenvalue weighted by Crippen LogP contribution is 2.17. The minimum atomic E-state index is -1.45. The Kier molecular flexibility index (Phi) is 4.47. The lowest BCUT2D eigenvalue weighted by atomic mass is 9.94. The summed E-state index contributed by atoms with van der Waals surface area (Å²) >= 11 is 0. The van der Waals surface area contributed by atoms with Crippen LogP contribution in [0.1, 0.15) is 30.9 Å². The largest absolute Gasteiger partial charge is 0.475 e. The van der Waals surface area contributed by atoms with Crippen molar-refractivity contribution in [3.05, 3.63) is 35.4 Å². The molecule has 17 heavy (non-hydrogen) atoms. The van der Waals surface area contributed by atoms with Crippen LogP contribution < -0.4 is 0 Å². The lowest BCUT2D eigenvalue weighted by Crippen LogP contribution is -2.20. The van der Waals surface area contributed by atoms with Crippen LogP contribution >= 0.6 is 0 Å². The highest BCUT2D eigenvalue weighted by atomic mass is 16.4. The Morgan fingerprint density at radius 2 is 1.88 bits per heavy atom. The average molecular weight is 230 g/mol. The van der Waals surface area contributed by atoms with E-state index < -0.39 is 17.7 Å². The number of carboxylic acid groups (broad SMARTS) is 1. The van der Waals surface area contributed by atoms with E-state index in [2.05, 4.69) is 11.8 Å². The molecule has 0 aliphatic heterocycles. The molecule has 0 heterocycles. The Morgan fingerprint density at radius 1 is 1.29 bits per heavy atom. The van der Waals surface area contributed by atoms with Gasteiger partial charge in [-0.15, -0.1) is 5.92 Å². The summed E-state index contributed by atoms with van der Waals surface area (Å²) in [5.41, 5.74) is 1.77. The molecule has 3 heteroatoms. The normalized spacial score (nSPS) is 11.2. The predicted molar refractivity (Wildman–Crippen MR) is 64.7 cm³/mol. The Morgan fingerprint density at radius 3 is 2.29 bits per heavy atom. The van der Waals surface area contributed by atoms with Crippen LogP contribution in [0, 0.1) is 11.8 Å². The van der Waals surface area contributed by atoms with Crippen molar-refractivity contribution in [2.75, 3.05) is 0 Å². The van der Waals surface area contributed by atoms with E-state index in [9.17, 15) is 9.59 Å². The van der Waals surface area contributed by atoms with Gasteiger partial charge in [0.25, 0.3) is 5.78 Å². The molecule has 88 valence electrons. The second-order valence-electron chi connectivity index (χ2n) is 3.59. The number of aryl methyl sites for hydroxylation is 1. The minimum absolute atomic E-state index is 0.629. The van der Waals surface area contributed by atoms with Crippen LogP contribution in [-0.2, 0) is 16.0 Å². The fourth-order valence-corrected chi connectivity index (χ4v) is 1.51. The Balaban J connectivity index is 3.08. The van der Waals surface area contributed by atoms with Crippen LogP contribution in [0.4, 0.5) is 0 Å². The van der Waals surface area contributed by atoms with Crippen molar-refractivity contribution in [2.24, 2.45) is 0 Å². The lowest BCUT2D eigenvalue weighted by Gasteiger charge is -2.08. The maximum Gasteiger partial charge on any atom is 0.373 e. The first-order chi connectivity index (χ1) is 8.10. The van der Waals surface area contributed by atoms with Gasteiger partial charge in [-0.25, -0.2) is 4.79 Å². The molecule has 0 aromatic heterocycles. The summed E-state index contributed by atoms with van der Waals surface area (Å²) in [6.07, 6.45) is 0.900. The fourth-order valence-electron chi connectivity index (χ4n) is 1.51. The quantitative estimate of drug-likeness (QED) is 0.636. The molecule has 1 unspecified atom stereocenters. The SMILES string of the molecule is CC#CC(C(=O)C(=O)O)c1ccc(CC)cc1. The van der Waals surface area contributed by atoms with Gasteiger partial charge in [0.05, 0.1) is 0 Å². The molecular formula is C14H14O3. The van der Waals surface area contributed by atoms with Crippen LogP contribution in [-0.4, -0.2) is 16.9 Å². The third-order valence-electron chi connectivity index (χ3n) is 2.48. The summed E-state index contributed by atoms with van der Waals surface area (Å²) < 4.78 is 0. The molecule has 0 spiro atoms. The van der Waals surface area contributed by atoms with Gasteiger partial charge in [-0.2, -0.15) is 0 Å². The maximum absolute atomic E-state index is 11.5. The molecule has 0 aliphatic carbocycles. The predicted octanol–water partition coefficient (Wildman–Crippen LogP) is 2.01. The molecular weight excluding hydrogens is 216 g/mol. The maximum atomic E-state index is 11.5. The van der Waals surface area contributed by atoms with E-state index in [1.807, 2.05) is 19.1 Å². The zero-order valence-electron chi connectivity index (χ0n) is 9.86. The zero-order chi connectivity index (χ0) is 12.8. The number of rotatable bonds is 4. The number of Topliss-reactive ketones (excluding diaryl/α,β-unsaturated/α-hetero) is 1. The Labute approximate surface area is 100 Å². The summed E-state index contributed by atoms with van der Waals surface area (Å²) in [4.78, 5) is 22.2. The van der Waals surface area contributed by atoms with Crippen LogP contribution in [0.5, 0.6) is 0 Å². The van der Waals surface area contributed by atoms with Crippen molar-refractivity contribution in [1.29, 1.82) is 0 Å². The topological polar surface area (TPSA) is 54.4 Å².